The zero-order chi connectivity index (χ0) is 13.9. The van der Waals surface area contributed by atoms with Gasteiger partial charge in [0.05, 0.1) is 12.1 Å². The molecule has 1 N–H and O–H groups in total. The predicted molar refractivity (Wildman–Crippen MR) is 76.6 cm³/mol. The highest BCUT2D eigenvalue weighted by atomic mass is 32.1. The quantitative estimate of drug-likeness (QED) is 0.941. The fourth-order valence-electron chi connectivity index (χ4n) is 2.27. The van der Waals surface area contributed by atoms with E-state index in [1.807, 2.05) is 13.0 Å². The first-order valence-corrected chi connectivity index (χ1v) is 7.48. The molecule has 0 saturated carbocycles. The highest BCUT2D eigenvalue weighted by Crippen LogP contribution is 2.23. The fourth-order valence-corrected chi connectivity index (χ4v) is 3.09. The molecule has 1 aliphatic rings. The second-order valence-corrected chi connectivity index (χ2v) is 5.95. The minimum Gasteiger partial charge on any atom is -0.376 e. The van der Waals surface area contributed by atoms with Crippen LogP contribution in [0.5, 0.6) is 0 Å². The van der Waals surface area contributed by atoms with Crippen molar-refractivity contribution in [3.05, 3.63) is 40.7 Å². The van der Waals surface area contributed by atoms with E-state index >= 15 is 0 Å². The molecule has 1 aromatic heterocycles. The molecule has 0 amide bonds. The summed E-state index contributed by atoms with van der Waals surface area (Å²) in [5.74, 6) is -0.199. The molecule has 0 bridgehead atoms. The van der Waals surface area contributed by atoms with E-state index in [1.54, 1.807) is 12.1 Å². The van der Waals surface area contributed by atoms with E-state index in [-0.39, 0.29) is 18.0 Å². The lowest BCUT2D eigenvalue weighted by Crippen LogP contribution is -2.26. The maximum Gasteiger partial charge on any atom is 0.205 e. The molecule has 1 aliphatic heterocycles. The lowest BCUT2D eigenvalue weighted by Gasteiger charge is -2.14. The zero-order valence-electron chi connectivity index (χ0n) is 11.2. The molecule has 6 heteroatoms. The van der Waals surface area contributed by atoms with Gasteiger partial charge in [0.25, 0.3) is 0 Å². The van der Waals surface area contributed by atoms with Gasteiger partial charge in [-0.25, -0.2) is 4.39 Å². The van der Waals surface area contributed by atoms with E-state index in [0.29, 0.717) is 12.0 Å². The summed E-state index contributed by atoms with van der Waals surface area (Å²) < 4.78 is 19.1. The third kappa shape index (κ3) is 2.96. The van der Waals surface area contributed by atoms with Crippen molar-refractivity contribution in [1.29, 1.82) is 0 Å². The molecule has 4 nitrogen and oxygen atoms in total. The van der Waals surface area contributed by atoms with Gasteiger partial charge in [0.2, 0.25) is 5.13 Å². The Balaban J connectivity index is 1.66. The van der Waals surface area contributed by atoms with Gasteiger partial charge in [0, 0.05) is 13.0 Å². The van der Waals surface area contributed by atoms with Crippen LogP contribution in [-0.4, -0.2) is 29.0 Å². The molecule has 1 aromatic carbocycles. The van der Waals surface area contributed by atoms with Crippen LogP contribution < -0.4 is 5.32 Å². The maximum absolute atomic E-state index is 13.6. The van der Waals surface area contributed by atoms with Crippen molar-refractivity contribution < 1.29 is 9.13 Å². The van der Waals surface area contributed by atoms with E-state index in [2.05, 4.69) is 15.5 Å². The molecule has 0 spiro atoms. The summed E-state index contributed by atoms with van der Waals surface area (Å²) in [6.45, 7) is 2.83. The van der Waals surface area contributed by atoms with E-state index in [0.717, 1.165) is 23.2 Å². The molecule has 20 heavy (non-hydrogen) atoms. The maximum atomic E-state index is 13.6. The smallest absolute Gasteiger partial charge is 0.205 e. The topological polar surface area (TPSA) is 47.0 Å². The first-order chi connectivity index (χ1) is 9.72. The Bertz CT molecular complexity index is 589. The van der Waals surface area contributed by atoms with Gasteiger partial charge in [-0.15, -0.1) is 10.2 Å². The van der Waals surface area contributed by atoms with Crippen LogP contribution in [0, 0.1) is 5.82 Å². The van der Waals surface area contributed by atoms with Crippen LogP contribution in [0.15, 0.2) is 24.3 Å². The summed E-state index contributed by atoms with van der Waals surface area (Å²) in [5.41, 5.74) is 0.646. The molecular formula is C14H16FN3OS. The second kappa shape index (κ2) is 5.85. The summed E-state index contributed by atoms with van der Waals surface area (Å²) >= 11 is 1.47. The summed E-state index contributed by atoms with van der Waals surface area (Å²) in [5, 5.41) is 13.2. The lowest BCUT2D eigenvalue weighted by molar-refractivity contribution is 0.121. The molecule has 0 radical (unpaired) electrons. The van der Waals surface area contributed by atoms with Crippen molar-refractivity contribution in [2.45, 2.75) is 31.9 Å². The van der Waals surface area contributed by atoms with Gasteiger partial charge in [-0.1, -0.05) is 29.5 Å². The Morgan fingerprint density at radius 2 is 2.25 bits per heavy atom. The molecule has 3 rings (SSSR count). The van der Waals surface area contributed by atoms with Crippen LogP contribution in [0.1, 0.15) is 23.9 Å². The molecule has 1 saturated heterocycles. The monoisotopic (exact) mass is 293 g/mol. The van der Waals surface area contributed by atoms with Gasteiger partial charge in [-0.05, 0) is 25.0 Å². The van der Waals surface area contributed by atoms with Gasteiger partial charge in [0.15, 0.2) is 0 Å². The Morgan fingerprint density at radius 3 is 3.00 bits per heavy atom. The Kier molecular flexibility index (Phi) is 3.93. The van der Waals surface area contributed by atoms with Gasteiger partial charge in [0.1, 0.15) is 10.8 Å². The first kappa shape index (κ1) is 13.5. The van der Waals surface area contributed by atoms with Crippen LogP contribution >= 0.6 is 11.3 Å². The molecule has 2 atom stereocenters. The van der Waals surface area contributed by atoms with E-state index < -0.39 is 0 Å². The molecule has 2 aromatic rings. The number of benzene rings is 1. The highest BCUT2D eigenvalue weighted by Gasteiger charge is 2.25. The number of aromatic nitrogens is 2. The van der Waals surface area contributed by atoms with Gasteiger partial charge in [-0.3, -0.25) is 0 Å². The minimum atomic E-state index is -0.199. The zero-order valence-corrected chi connectivity index (χ0v) is 12.0. The molecule has 2 heterocycles. The second-order valence-electron chi connectivity index (χ2n) is 4.88. The standard InChI is InChI=1S/C14H16FN3OS/c1-9-12(6-7-19-9)16-14-18-17-13(20-14)8-10-4-2-3-5-11(10)15/h2-5,9,12H,6-8H2,1H3,(H,16,18). The molecule has 1 fully saturated rings. The number of halogens is 1. The van der Waals surface area contributed by atoms with E-state index in [4.69, 9.17) is 4.74 Å². The SMILES string of the molecule is CC1OCCC1Nc1nnc(Cc2ccccc2F)s1. The Labute approximate surface area is 121 Å². The molecule has 2 unspecified atom stereocenters. The summed E-state index contributed by atoms with van der Waals surface area (Å²) in [7, 11) is 0. The van der Waals surface area contributed by atoms with Crippen molar-refractivity contribution in [3.8, 4) is 0 Å². The number of anilines is 1. The number of nitrogens with one attached hydrogen (secondary N) is 1. The van der Waals surface area contributed by atoms with Gasteiger partial charge >= 0.3 is 0 Å². The summed E-state index contributed by atoms with van der Waals surface area (Å²) in [6.07, 6.45) is 1.64. The van der Waals surface area contributed by atoms with Crippen LogP contribution in [0.4, 0.5) is 9.52 Å². The van der Waals surface area contributed by atoms with Crippen molar-refractivity contribution in [2.24, 2.45) is 0 Å². The van der Waals surface area contributed by atoms with Crippen LogP contribution in [0.3, 0.4) is 0 Å². The number of hydrogen-bond donors (Lipinski definition) is 1. The van der Waals surface area contributed by atoms with Crippen molar-refractivity contribution in [2.75, 3.05) is 11.9 Å². The average Bonchev–Trinajstić information content (AvgIpc) is 3.03. The van der Waals surface area contributed by atoms with Gasteiger partial charge in [-0.2, -0.15) is 0 Å². The normalized spacial score (nSPS) is 22.1. The summed E-state index contributed by atoms with van der Waals surface area (Å²) in [4.78, 5) is 0. The van der Waals surface area contributed by atoms with Crippen LogP contribution in [0.2, 0.25) is 0 Å². The molecular weight excluding hydrogens is 277 g/mol. The number of rotatable bonds is 4. The van der Waals surface area contributed by atoms with Crippen molar-refractivity contribution in [3.63, 3.8) is 0 Å². The average molecular weight is 293 g/mol. The molecule has 0 aliphatic carbocycles. The minimum absolute atomic E-state index is 0.189. The van der Waals surface area contributed by atoms with Gasteiger partial charge < -0.3 is 10.1 Å². The predicted octanol–water partition coefficient (Wildman–Crippen LogP) is 2.86. The third-order valence-electron chi connectivity index (χ3n) is 3.45. The van der Waals surface area contributed by atoms with Crippen molar-refractivity contribution in [1.82, 2.24) is 10.2 Å². The number of nitrogens with zero attached hydrogens (tertiary/aromatic N) is 2. The third-order valence-corrected chi connectivity index (χ3v) is 4.31. The van der Waals surface area contributed by atoms with E-state index in [1.165, 1.54) is 17.4 Å². The van der Waals surface area contributed by atoms with E-state index in [9.17, 15) is 4.39 Å². The fraction of sp³-hybridized carbons (Fsp3) is 0.429. The summed E-state index contributed by atoms with van der Waals surface area (Å²) in [6, 6.07) is 7.04. The number of hydrogen-bond acceptors (Lipinski definition) is 5. The number of ether oxygens (including phenoxy) is 1. The van der Waals surface area contributed by atoms with Crippen molar-refractivity contribution >= 4 is 16.5 Å². The Morgan fingerprint density at radius 1 is 1.40 bits per heavy atom. The van der Waals surface area contributed by atoms with Crippen LogP contribution in [0.25, 0.3) is 0 Å². The largest absolute Gasteiger partial charge is 0.376 e. The molecule has 106 valence electrons. The first-order valence-electron chi connectivity index (χ1n) is 6.66. The lowest BCUT2D eigenvalue weighted by atomic mass is 10.1. The Hall–Kier alpha value is -1.53. The highest BCUT2D eigenvalue weighted by molar-refractivity contribution is 7.15. The van der Waals surface area contributed by atoms with Crippen LogP contribution in [-0.2, 0) is 11.2 Å².